The van der Waals surface area contributed by atoms with Gasteiger partial charge in [0.1, 0.15) is 6.33 Å². The van der Waals surface area contributed by atoms with E-state index in [1.165, 1.54) is 17.7 Å². The van der Waals surface area contributed by atoms with Gasteiger partial charge in [-0.25, -0.2) is 15.0 Å². The van der Waals surface area contributed by atoms with E-state index in [0.717, 1.165) is 48.0 Å². The third-order valence-electron chi connectivity index (χ3n) is 5.20. The van der Waals surface area contributed by atoms with Gasteiger partial charge in [0.2, 0.25) is 11.6 Å². The van der Waals surface area contributed by atoms with Crippen LogP contribution in [0.5, 0.6) is 0 Å². The quantitative estimate of drug-likeness (QED) is 0.486. The highest BCUT2D eigenvalue weighted by atomic mass is 32.1. The maximum Gasteiger partial charge on any atom is 0.353 e. The van der Waals surface area contributed by atoms with E-state index in [0.29, 0.717) is 10.9 Å². The molecule has 8 nitrogen and oxygen atoms in total. The van der Waals surface area contributed by atoms with E-state index < -0.39 is 4.92 Å². The average Bonchev–Trinajstić information content (AvgIpc) is 3.11. The van der Waals surface area contributed by atoms with Gasteiger partial charge in [-0.3, -0.25) is 10.1 Å². The lowest BCUT2D eigenvalue weighted by molar-refractivity contribution is -0.383. The minimum Gasteiger partial charge on any atom is -0.348 e. The minimum atomic E-state index is -0.391. The number of rotatable bonds is 5. The molecule has 1 fully saturated rings. The van der Waals surface area contributed by atoms with Crippen molar-refractivity contribution in [3.05, 3.63) is 40.2 Å². The first kappa shape index (κ1) is 18.5. The summed E-state index contributed by atoms with van der Waals surface area (Å²) in [4.78, 5) is 26.7. The van der Waals surface area contributed by atoms with Crippen molar-refractivity contribution in [2.45, 2.75) is 45.6 Å². The number of thiazole rings is 1. The molecule has 146 valence electrons. The number of nitrogens with zero attached hydrogens (tertiary/aromatic N) is 5. The van der Waals surface area contributed by atoms with Gasteiger partial charge in [-0.15, -0.1) is 0 Å². The Morgan fingerprint density at radius 1 is 1.36 bits per heavy atom. The van der Waals surface area contributed by atoms with Crippen molar-refractivity contribution in [2.75, 3.05) is 16.8 Å². The van der Waals surface area contributed by atoms with E-state index in [-0.39, 0.29) is 17.5 Å². The van der Waals surface area contributed by atoms with Crippen LogP contribution in [-0.2, 0) is 0 Å². The van der Waals surface area contributed by atoms with E-state index in [1.54, 1.807) is 0 Å². The number of para-hydroxylation sites is 1. The first-order valence-electron chi connectivity index (χ1n) is 9.47. The number of piperidine rings is 1. The Kier molecular flexibility index (Phi) is 5.08. The maximum absolute atomic E-state index is 11.9. The normalized spacial score (nSPS) is 17.1. The SMILES string of the molecule is CCC1CCCCN1c1ncnc(Nc2nc3c(C)cccc3s2)c1[N+](=O)[O-]. The summed E-state index contributed by atoms with van der Waals surface area (Å²) in [6, 6.07) is 6.23. The topological polar surface area (TPSA) is 97.1 Å². The molecule has 2 aromatic heterocycles. The number of hydrogen-bond donors (Lipinski definition) is 1. The molecule has 4 rings (SSSR count). The predicted molar refractivity (Wildman–Crippen MR) is 112 cm³/mol. The molecule has 1 unspecified atom stereocenters. The molecule has 0 saturated carbocycles. The Hall–Kier alpha value is -2.81. The fourth-order valence-electron chi connectivity index (χ4n) is 3.78. The van der Waals surface area contributed by atoms with Crippen molar-refractivity contribution in [3.63, 3.8) is 0 Å². The van der Waals surface area contributed by atoms with Crippen LogP contribution in [0.2, 0.25) is 0 Å². The van der Waals surface area contributed by atoms with Crippen LogP contribution in [0.4, 0.5) is 22.5 Å². The maximum atomic E-state index is 11.9. The second-order valence-corrected chi connectivity index (χ2v) is 8.00. The molecule has 3 aromatic rings. The summed E-state index contributed by atoms with van der Waals surface area (Å²) < 4.78 is 1.03. The minimum absolute atomic E-state index is 0.0844. The van der Waals surface area contributed by atoms with Crippen molar-refractivity contribution in [2.24, 2.45) is 0 Å². The molecule has 1 aromatic carbocycles. The van der Waals surface area contributed by atoms with Crippen molar-refractivity contribution < 1.29 is 4.92 Å². The van der Waals surface area contributed by atoms with Gasteiger partial charge in [0.15, 0.2) is 5.13 Å². The largest absolute Gasteiger partial charge is 0.353 e. The average molecular weight is 398 g/mol. The molecule has 0 bridgehead atoms. The van der Waals surface area contributed by atoms with Crippen LogP contribution < -0.4 is 10.2 Å². The predicted octanol–water partition coefficient (Wildman–Crippen LogP) is 4.82. The summed E-state index contributed by atoms with van der Waals surface area (Å²) in [6.45, 7) is 4.88. The van der Waals surface area contributed by atoms with E-state index in [1.807, 2.05) is 25.1 Å². The number of aromatic nitrogens is 3. The van der Waals surface area contributed by atoms with Gasteiger partial charge in [0.25, 0.3) is 0 Å². The fraction of sp³-hybridized carbons (Fsp3) is 0.421. The zero-order valence-corrected chi connectivity index (χ0v) is 16.7. The summed E-state index contributed by atoms with van der Waals surface area (Å²) in [5.74, 6) is 0.582. The molecule has 3 heterocycles. The highest BCUT2D eigenvalue weighted by Crippen LogP contribution is 2.38. The summed E-state index contributed by atoms with van der Waals surface area (Å²) in [5.41, 5.74) is 1.88. The molecule has 0 amide bonds. The van der Waals surface area contributed by atoms with Crippen LogP contribution in [0.3, 0.4) is 0 Å². The van der Waals surface area contributed by atoms with Gasteiger partial charge in [0.05, 0.1) is 15.1 Å². The first-order chi connectivity index (χ1) is 13.6. The molecule has 1 saturated heterocycles. The van der Waals surface area contributed by atoms with Gasteiger partial charge < -0.3 is 10.2 Å². The van der Waals surface area contributed by atoms with Crippen molar-refractivity contribution in [1.82, 2.24) is 15.0 Å². The molecule has 0 radical (unpaired) electrons. The van der Waals surface area contributed by atoms with E-state index >= 15 is 0 Å². The van der Waals surface area contributed by atoms with Crippen molar-refractivity contribution >= 4 is 44.0 Å². The van der Waals surface area contributed by atoms with Crippen LogP contribution in [-0.4, -0.2) is 32.5 Å². The van der Waals surface area contributed by atoms with Crippen LogP contribution in [0, 0.1) is 17.0 Å². The van der Waals surface area contributed by atoms with Crippen LogP contribution >= 0.6 is 11.3 Å². The van der Waals surface area contributed by atoms with Crippen molar-refractivity contribution in [1.29, 1.82) is 0 Å². The molecule has 0 spiro atoms. The molecule has 28 heavy (non-hydrogen) atoms. The Labute approximate surface area is 166 Å². The van der Waals surface area contributed by atoms with Crippen LogP contribution in [0.25, 0.3) is 10.2 Å². The fourth-order valence-corrected chi connectivity index (χ4v) is 4.73. The lowest BCUT2D eigenvalue weighted by atomic mass is 10.00. The van der Waals surface area contributed by atoms with Crippen LogP contribution in [0.1, 0.15) is 38.2 Å². The lowest BCUT2D eigenvalue weighted by Crippen LogP contribution is -2.40. The first-order valence-corrected chi connectivity index (χ1v) is 10.3. The monoisotopic (exact) mass is 398 g/mol. The Balaban J connectivity index is 1.74. The molecule has 1 atom stereocenters. The summed E-state index contributed by atoms with van der Waals surface area (Å²) in [7, 11) is 0. The standard InChI is InChI=1S/C19H22N6O2S/c1-3-13-8-4-5-10-24(13)18-16(25(26)27)17(20-11-21-18)23-19-22-15-12(2)7-6-9-14(15)28-19/h6-7,9,11,13H,3-5,8,10H2,1-2H3,(H,20,21,22,23). The number of anilines is 3. The van der Waals surface area contributed by atoms with Crippen molar-refractivity contribution in [3.8, 4) is 0 Å². The summed E-state index contributed by atoms with van der Waals surface area (Å²) >= 11 is 1.45. The van der Waals surface area contributed by atoms with Gasteiger partial charge in [0, 0.05) is 12.6 Å². The molecular weight excluding hydrogens is 376 g/mol. The molecule has 1 aliphatic rings. The highest BCUT2D eigenvalue weighted by Gasteiger charge is 2.32. The van der Waals surface area contributed by atoms with Gasteiger partial charge in [-0.05, 0) is 44.2 Å². The Morgan fingerprint density at radius 2 is 2.21 bits per heavy atom. The number of fused-ring (bicyclic) bond motifs is 1. The molecule has 1 N–H and O–H groups in total. The van der Waals surface area contributed by atoms with E-state index in [2.05, 4.69) is 32.1 Å². The second-order valence-electron chi connectivity index (χ2n) is 6.97. The van der Waals surface area contributed by atoms with Gasteiger partial charge >= 0.3 is 5.69 Å². The lowest BCUT2D eigenvalue weighted by Gasteiger charge is -2.35. The van der Waals surface area contributed by atoms with Gasteiger partial charge in [-0.2, -0.15) is 0 Å². The van der Waals surface area contributed by atoms with E-state index in [4.69, 9.17) is 0 Å². The number of nitro groups is 1. The molecule has 0 aliphatic carbocycles. The number of hydrogen-bond acceptors (Lipinski definition) is 8. The smallest absolute Gasteiger partial charge is 0.348 e. The molecular formula is C19H22N6O2S. The number of nitrogens with one attached hydrogen (secondary N) is 1. The van der Waals surface area contributed by atoms with Crippen LogP contribution in [0.15, 0.2) is 24.5 Å². The number of aryl methyl sites for hydroxylation is 1. The van der Waals surface area contributed by atoms with E-state index in [9.17, 15) is 10.1 Å². The summed E-state index contributed by atoms with van der Waals surface area (Å²) in [5, 5.41) is 15.6. The molecule has 9 heteroatoms. The molecule has 1 aliphatic heterocycles. The Bertz CT molecular complexity index is 1020. The third-order valence-corrected chi connectivity index (χ3v) is 6.14. The third kappa shape index (κ3) is 3.37. The van der Waals surface area contributed by atoms with Gasteiger partial charge in [-0.1, -0.05) is 30.4 Å². The number of benzene rings is 1. The zero-order chi connectivity index (χ0) is 19.7. The zero-order valence-electron chi connectivity index (χ0n) is 15.9. The Morgan fingerprint density at radius 3 is 2.96 bits per heavy atom. The summed E-state index contributed by atoms with van der Waals surface area (Å²) in [6.07, 6.45) is 5.50. The highest BCUT2D eigenvalue weighted by molar-refractivity contribution is 7.22. The second kappa shape index (κ2) is 7.67.